The van der Waals surface area contributed by atoms with Gasteiger partial charge in [-0.2, -0.15) is 4.98 Å². The first-order valence-electron chi connectivity index (χ1n) is 7.57. The molecule has 0 atom stereocenters. The predicted molar refractivity (Wildman–Crippen MR) is 85.9 cm³/mol. The van der Waals surface area contributed by atoms with Crippen LogP contribution in [0.15, 0.2) is 26.4 Å². The Hall–Kier alpha value is -2.09. The largest absolute Gasteiger partial charge is 0.469 e. The van der Waals surface area contributed by atoms with Gasteiger partial charge in [-0.1, -0.05) is 30.3 Å². The number of thioether (sulfide) groups is 1. The Labute approximate surface area is 138 Å². The van der Waals surface area contributed by atoms with Crippen molar-refractivity contribution in [2.24, 2.45) is 7.05 Å². The van der Waals surface area contributed by atoms with Gasteiger partial charge in [-0.25, -0.2) is 0 Å². The highest BCUT2D eigenvalue weighted by atomic mass is 32.2. The van der Waals surface area contributed by atoms with E-state index in [9.17, 15) is 0 Å². The fraction of sp³-hybridized carbons (Fsp3) is 0.467. The number of hydrogen-bond donors (Lipinski definition) is 0. The Balaban J connectivity index is 1.66. The molecule has 0 aliphatic carbocycles. The number of hydrogen-bond acceptors (Lipinski definition) is 7. The zero-order valence-corrected chi connectivity index (χ0v) is 14.3. The second kappa shape index (κ2) is 6.99. The third-order valence-corrected chi connectivity index (χ3v) is 4.53. The summed E-state index contributed by atoms with van der Waals surface area (Å²) in [7, 11) is 1.94. The summed E-state index contributed by atoms with van der Waals surface area (Å²) in [6.45, 7) is 4.05. The van der Waals surface area contributed by atoms with Crippen LogP contribution in [0.5, 0.6) is 0 Å². The highest BCUT2D eigenvalue weighted by Crippen LogP contribution is 2.27. The lowest BCUT2D eigenvalue weighted by atomic mass is 10.2. The molecule has 0 N–H and O–H groups in total. The molecule has 122 valence electrons. The summed E-state index contributed by atoms with van der Waals surface area (Å²) in [5.41, 5.74) is 0.950. The molecule has 3 aromatic heterocycles. The van der Waals surface area contributed by atoms with Gasteiger partial charge in [-0.05, 0) is 19.4 Å². The molecule has 0 spiro atoms. The smallest absolute Gasteiger partial charge is 0.237 e. The van der Waals surface area contributed by atoms with E-state index in [2.05, 4.69) is 27.3 Å². The lowest BCUT2D eigenvalue weighted by molar-refractivity contribution is 0.384. The molecule has 0 aromatic carbocycles. The van der Waals surface area contributed by atoms with Gasteiger partial charge in [0.1, 0.15) is 5.76 Å². The molecule has 3 aromatic rings. The van der Waals surface area contributed by atoms with Crippen LogP contribution >= 0.6 is 11.8 Å². The Kier molecular flexibility index (Phi) is 4.80. The fourth-order valence-electron chi connectivity index (χ4n) is 2.20. The molecule has 23 heavy (non-hydrogen) atoms. The SMILES string of the molecule is CCCCc1noc(CSc2nnc(-c3ccoc3C)n2C)n1. The van der Waals surface area contributed by atoms with Crippen molar-refractivity contribution in [3.63, 3.8) is 0 Å². The first kappa shape index (κ1) is 15.8. The maximum Gasteiger partial charge on any atom is 0.237 e. The van der Waals surface area contributed by atoms with Crippen LogP contribution in [0.2, 0.25) is 0 Å². The molecule has 0 saturated heterocycles. The Bertz CT molecular complexity index is 777. The zero-order chi connectivity index (χ0) is 16.2. The van der Waals surface area contributed by atoms with Gasteiger partial charge >= 0.3 is 0 Å². The van der Waals surface area contributed by atoms with Crippen LogP contribution in [0.4, 0.5) is 0 Å². The van der Waals surface area contributed by atoms with Gasteiger partial charge in [0, 0.05) is 13.5 Å². The second-order valence-corrected chi connectivity index (χ2v) is 6.19. The molecule has 0 fully saturated rings. The summed E-state index contributed by atoms with van der Waals surface area (Å²) in [5, 5.41) is 13.3. The zero-order valence-electron chi connectivity index (χ0n) is 13.4. The van der Waals surface area contributed by atoms with Crippen LogP contribution in [-0.4, -0.2) is 24.9 Å². The van der Waals surface area contributed by atoms with Gasteiger partial charge in [0.25, 0.3) is 0 Å². The van der Waals surface area contributed by atoms with Crippen LogP contribution in [-0.2, 0) is 19.2 Å². The molecule has 3 heterocycles. The van der Waals surface area contributed by atoms with Crippen molar-refractivity contribution in [1.29, 1.82) is 0 Å². The highest BCUT2D eigenvalue weighted by Gasteiger charge is 2.16. The Morgan fingerprint density at radius 1 is 1.30 bits per heavy atom. The summed E-state index contributed by atoms with van der Waals surface area (Å²) in [6, 6.07) is 1.89. The maximum absolute atomic E-state index is 5.33. The quantitative estimate of drug-likeness (QED) is 0.613. The van der Waals surface area contributed by atoms with Crippen LogP contribution in [0, 0.1) is 6.92 Å². The molecule has 0 amide bonds. The molecule has 0 aliphatic rings. The molecule has 3 rings (SSSR count). The van der Waals surface area contributed by atoms with Gasteiger partial charge in [0.15, 0.2) is 16.8 Å². The first-order valence-corrected chi connectivity index (χ1v) is 8.55. The standard InChI is InChI=1S/C15H19N5O2S/c1-4-5-6-12-16-13(22-19-12)9-23-15-18-17-14(20(15)3)11-7-8-21-10(11)2/h7-8H,4-6,9H2,1-3H3. The number of furan rings is 1. The average molecular weight is 333 g/mol. The van der Waals surface area contributed by atoms with E-state index < -0.39 is 0 Å². The molecular formula is C15H19N5O2S. The summed E-state index contributed by atoms with van der Waals surface area (Å²) in [5.74, 6) is 3.58. The monoisotopic (exact) mass is 333 g/mol. The third kappa shape index (κ3) is 3.47. The number of aryl methyl sites for hydroxylation is 2. The lowest BCUT2D eigenvalue weighted by Crippen LogP contribution is -1.95. The summed E-state index contributed by atoms with van der Waals surface area (Å²) in [6.07, 6.45) is 4.71. The van der Waals surface area contributed by atoms with Crippen molar-refractivity contribution in [3.05, 3.63) is 29.8 Å². The average Bonchev–Trinajstić information content (AvgIpc) is 3.24. The van der Waals surface area contributed by atoms with Crippen molar-refractivity contribution in [2.45, 2.75) is 44.0 Å². The topological polar surface area (TPSA) is 82.8 Å². The molecule has 0 unspecified atom stereocenters. The Morgan fingerprint density at radius 3 is 2.91 bits per heavy atom. The van der Waals surface area contributed by atoms with E-state index in [0.717, 1.165) is 47.4 Å². The number of rotatable bonds is 7. The van der Waals surface area contributed by atoms with Crippen molar-refractivity contribution < 1.29 is 8.94 Å². The molecule has 0 bridgehead atoms. The number of aromatic nitrogens is 5. The van der Waals surface area contributed by atoms with Crippen molar-refractivity contribution >= 4 is 11.8 Å². The van der Waals surface area contributed by atoms with Crippen LogP contribution in [0.1, 0.15) is 37.2 Å². The van der Waals surface area contributed by atoms with Gasteiger partial charge in [0.2, 0.25) is 5.89 Å². The van der Waals surface area contributed by atoms with E-state index in [4.69, 9.17) is 8.94 Å². The van der Waals surface area contributed by atoms with Crippen LogP contribution in [0.3, 0.4) is 0 Å². The minimum Gasteiger partial charge on any atom is -0.469 e. The normalized spacial score (nSPS) is 11.3. The van der Waals surface area contributed by atoms with E-state index in [-0.39, 0.29) is 0 Å². The Morgan fingerprint density at radius 2 is 2.17 bits per heavy atom. The van der Waals surface area contributed by atoms with Crippen molar-refractivity contribution in [2.75, 3.05) is 0 Å². The van der Waals surface area contributed by atoms with E-state index in [1.807, 2.05) is 24.6 Å². The van der Waals surface area contributed by atoms with E-state index in [0.29, 0.717) is 11.6 Å². The molecule has 0 radical (unpaired) electrons. The highest BCUT2D eigenvalue weighted by molar-refractivity contribution is 7.98. The fourth-order valence-corrected chi connectivity index (χ4v) is 2.95. The van der Waals surface area contributed by atoms with Crippen LogP contribution < -0.4 is 0 Å². The van der Waals surface area contributed by atoms with Gasteiger partial charge in [-0.15, -0.1) is 10.2 Å². The van der Waals surface area contributed by atoms with E-state index in [1.165, 1.54) is 11.8 Å². The van der Waals surface area contributed by atoms with Gasteiger partial charge in [0.05, 0.1) is 17.6 Å². The minimum atomic E-state index is 0.579. The maximum atomic E-state index is 5.33. The second-order valence-electron chi connectivity index (χ2n) is 5.25. The summed E-state index contributed by atoms with van der Waals surface area (Å²) in [4.78, 5) is 4.39. The number of unbranched alkanes of at least 4 members (excludes halogenated alkanes) is 1. The summed E-state index contributed by atoms with van der Waals surface area (Å²) >= 11 is 1.52. The van der Waals surface area contributed by atoms with Crippen molar-refractivity contribution in [3.8, 4) is 11.4 Å². The van der Waals surface area contributed by atoms with Gasteiger partial charge in [-0.3, -0.25) is 0 Å². The summed E-state index contributed by atoms with van der Waals surface area (Å²) < 4.78 is 12.5. The van der Waals surface area contributed by atoms with Crippen LogP contribution in [0.25, 0.3) is 11.4 Å². The van der Waals surface area contributed by atoms with Crippen molar-refractivity contribution in [1.82, 2.24) is 24.9 Å². The molecular weight excluding hydrogens is 314 g/mol. The molecule has 0 aliphatic heterocycles. The lowest BCUT2D eigenvalue weighted by Gasteiger charge is -2.01. The molecule has 8 heteroatoms. The van der Waals surface area contributed by atoms with Gasteiger partial charge < -0.3 is 13.5 Å². The van der Waals surface area contributed by atoms with E-state index in [1.54, 1.807) is 6.26 Å². The van der Waals surface area contributed by atoms with E-state index >= 15 is 0 Å². The molecule has 0 saturated carbocycles. The number of nitrogens with zero attached hydrogens (tertiary/aromatic N) is 5. The predicted octanol–water partition coefficient (Wildman–Crippen LogP) is 3.40. The third-order valence-electron chi connectivity index (χ3n) is 3.52. The molecule has 7 nitrogen and oxygen atoms in total. The first-order chi connectivity index (χ1) is 11.2. The minimum absolute atomic E-state index is 0.579.